The van der Waals surface area contributed by atoms with Crippen LogP contribution in [-0.4, -0.2) is 4.98 Å². The Hall–Kier alpha value is -1.31. The quantitative estimate of drug-likeness (QED) is 0.635. The van der Waals surface area contributed by atoms with Gasteiger partial charge < -0.3 is 4.42 Å². The zero-order chi connectivity index (χ0) is 11.8. The molecule has 0 fully saturated rings. The van der Waals surface area contributed by atoms with Gasteiger partial charge in [0.25, 0.3) is 0 Å². The summed E-state index contributed by atoms with van der Waals surface area (Å²) in [4.78, 5) is 4.34. The van der Waals surface area contributed by atoms with Gasteiger partial charge in [0.1, 0.15) is 5.52 Å². The van der Waals surface area contributed by atoms with Gasteiger partial charge in [0.15, 0.2) is 5.58 Å². The van der Waals surface area contributed by atoms with Crippen LogP contribution in [0.1, 0.15) is 39.0 Å². The molecule has 0 spiro atoms. The van der Waals surface area contributed by atoms with Crippen LogP contribution in [0.5, 0.6) is 0 Å². The number of aryl methyl sites for hydroxylation is 2. The molecule has 2 heterocycles. The van der Waals surface area contributed by atoms with Gasteiger partial charge in [-0.1, -0.05) is 27.7 Å². The Labute approximate surface area is 92.3 Å². The summed E-state index contributed by atoms with van der Waals surface area (Å²) in [5.74, 6) is 0. The average molecular weight is 207 g/mol. The van der Waals surface area contributed by atoms with Crippen LogP contribution in [0.4, 0.5) is 0 Å². The monoisotopic (exact) mass is 207 g/mol. The highest BCUT2D eigenvalue weighted by atomic mass is 16.3. The van der Waals surface area contributed by atoms with Crippen LogP contribution >= 0.6 is 0 Å². The van der Waals surface area contributed by atoms with E-state index in [0.29, 0.717) is 0 Å². The molecule has 2 rings (SSSR count). The molecule has 0 radical (unpaired) electrons. The third-order valence-electron chi connectivity index (χ3n) is 1.73. The third-order valence-corrected chi connectivity index (χ3v) is 1.73. The highest BCUT2D eigenvalue weighted by Gasteiger charge is 2.01. The maximum Gasteiger partial charge on any atom is 0.152 e. The third kappa shape index (κ3) is 3.39. The Morgan fingerprint density at radius 2 is 1.60 bits per heavy atom. The molecule has 0 saturated heterocycles. The summed E-state index contributed by atoms with van der Waals surface area (Å²) in [5, 5.41) is 0. The molecule has 0 amide bonds. The number of rotatable bonds is 0. The predicted molar refractivity (Wildman–Crippen MR) is 66.2 cm³/mol. The Morgan fingerprint density at radius 1 is 1.00 bits per heavy atom. The van der Waals surface area contributed by atoms with E-state index in [-0.39, 0.29) is 0 Å². The fourth-order valence-corrected chi connectivity index (χ4v) is 1.13. The number of hydrogen-bond donors (Lipinski definition) is 0. The van der Waals surface area contributed by atoms with E-state index in [2.05, 4.69) is 4.98 Å². The second kappa shape index (κ2) is 7.04. The van der Waals surface area contributed by atoms with Gasteiger partial charge in [-0.25, -0.2) is 4.98 Å². The van der Waals surface area contributed by atoms with Crippen molar-refractivity contribution in [3.63, 3.8) is 0 Å². The average Bonchev–Trinajstić information content (AvgIpc) is 2.66. The van der Waals surface area contributed by atoms with Gasteiger partial charge in [-0.2, -0.15) is 0 Å². The van der Waals surface area contributed by atoms with Gasteiger partial charge in [0, 0.05) is 11.3 Å². The molecule has 84 valence electrons. The highest BCUT2D eigenvalue weighted by molar-refractivity contribution is 5.76. The van der Waals surface area contributed by atoms with Gasteiger partial charge in [0.2, 0.25) is 0 Å². The van der Waals surface area contributed by atoms with Crippen molar-refractivity contribution in [2.75, 3.05) is 0 Å². The lowest BCUT2D eigenvalue weighted by atomic mass is 10.3. The van der Waals surface area contributed by atoms with Crippen LogP contribution in [0, 0.1) is 13.8 Å². The van der Waals surface area contributed by atoms with Crippen molar-refractivity contribution in [1.82, 2.24) is 4.98 Å². The van der Waals surface area contributed by atoms with Gasteiger partial charge in [-0.05, 0) is 26.0 Å². The molecular formula is C13H21NO. The fraction of sp³-hybridized carbons (Fsp3) is 0.462. The number of hydrogen-bond acceptors (Lipinski definition) is 2. The zero-order valence-corrected chi connectivity index (χ0v) is 10.6. The van der Waals surface area contributed by atoms with Crippen molar-refractivity contribution in [1.29, 1.82) is 0 Å². The molecule has 2 heteroatoms. The SMILES string of the molecule is CC.CC.Cc1ccc2occ(C)c2n1. The number of nitrogens with zero attached hydrogens (tertiary/aromatic N) is 1. The molecule has 2 aromatic rings. The first-order chi connectivity index (χ1) is 7.27. The lowest BCUT2D eigenvalue weighted by Gasteiger charge is -1.90. The van der Waals surface area contributed by atoms with Crippen molar-refractivity contribution < 1.29 is 4.42 Å². The topological polar surface area (TPSA) is 26.0 Å². The Morgan fingerprint density at radius 3 is 2.20 bits per heavy atom. The minimum atomic E-state index is 0.869. The number of fused-ring (bicyclic) bond motifs is 1. The molecule has 0 aliphatic rings. The maximum absolute atomic E-state index is 5.24. The van der Waals surface area contributed by atoms with E-state index in [1.807, 2.05) is 53.7 Å². The first-order valence-corrected chi connectivity index (χ1v) is 5.59. The normalized spacial score (nSPS) is 8.67. The molecule has 0 aromatic carbocycles. The minimum absolute atomic E-state index is 0.869. The van der Waals surface area contributed by atoms with Crippen LogP contribution in [0.15, 0.2) is 22.8 Å². The molecule has 15 heavy (non-hydrogen) atoms. The van der Waals surface area contributed by atoms with Gasteiger partial charge in [0.05, 0.1) is 6.26 Å². The molecule has 2 aromatic heterocycles. The van der Waals surface area contributed by atoms with Crippen molar-refractivity contribution in [2.45, 2.75) is 41.5 Å². The van der Waals surface area contributed by atoms with E-state index < -0.39 is 0 Å². The highest BCUT2D eigenvalue weighted by Crippen LogP contribution is 2.17. The van der Waals surface area contributed by atoms with Gasteiger partial charge in [-0.15, -0.1) is 0 Å². The maximum atomic E-state index is 5.24. The molecular weight excluding hydrogens is 186 g/mol. The summed E-state index contributed by atoms with van der Waals surface area (Å²) in [7, 11) is 0. The summed E-state index contributed by atoms with van der Waals surface area (Å²) in [6, 6.07) is 3.90. The Balaban J connectivity index is 0.000000442. The smallest absolute Gasteiger partial charge is 0.152 e. The van der Waals surface area contributed by atoms with Crippen LogP contribution in [-0.2, 0) is 0 Å². The fourth-order valence-electron chi connectivity index (χ4n) is 1.13. The first kappa shape index (κ1) is 13.7. The zero-order valence-electron chi connectivity index (χ0n) is 10.6. The largest absolute Gasteiger partial charge is 0.462 e. The standard InChI is InChI=1S/C9H9NO.2C2H6/c1-6-5-11-8-4-3-7(2)10-9(6)8;2*1-2/h3-5H,1-2H3;2*1-2H3. The van der Waals surface area contributed by atoms with Gasteiger partial charge in [-0.3, -0.25) is 0 Å². The van der Waals surface area contributed by atoms with Crippen LogP contribution in [0.3, 0.4) is 0 Å². The summed E-state index contributed by atoms with van der Waals surface area (Å²) in [6.07, 6.45) is 1.73. The second-order valence-corrected chi connectivity index (χ2v) is 2.72. The lowest BCUT2D eigenvalue weighted by molar-refractivity contribution is 0.612. The van der Waals surface area contributed by atoms with Gasteiger partial charge >= 0.3 is 0 Å². The lowest BCUT2D eigenvalue weighted by Crippen LogP contribution is -1.79. The van der Waals surface area contributed by atoms with Crippen LogP contribution in [0.25, 0.3) is 11.1 Å². The van der Waals surface area contributed by atoms with Crippen LogP contribution < -0.4 is 0 Å². The molecule has 0 N–H and O–H groups in total. The van der Waals surface area contributed by atoms with Crippen molar-refractivity contribution in [2.24, 2.45) is 0 Å². The summed E-state index contributed by atoms with van der Waals surface area (Å²) < 4.78 is 5.24. The number of pyridine rings is 1. The van der Waals surface area contributed by atoms with E-state index in [4.69, 9.17) is 4.42 Å². The Bertz CT molecular complexity index is 390. The molecule has 2 nitrogen and oxygen atoms in total. The molecule has 0 saturated carbocycles. The Kier molecular flexibility index (Phi) is 6.43. The molecule has 0 aliphatic carbocycles. The van der Waals surface area contributed by atoms with E-state index in [9.17, 15) is 0 Å². The summed E-state index contributed by atoms with van der Waals surface area (Å²) in [5.41, 5.74) is 3.98. The minimum Gasteiger partial charge on any atom is -0.462 e. The second-order valence-electron chi connectivity index (χ2n) is 2.72. The number of furan rings is 1. The van der Waals surface area contributed by atoms with E-state index in [1.165, 1.54) is 0 Å². The van der Waals surface area contributed by atoms with Crippen LogP contribution in [0.2, 0.25) is 0 Å². The molecule has 0 aliphatic heterocycles. The van der Waals surface area contributed by atoms with E-state index >= 15 is 0 Å². The molecule has 0 atom stereocenters. The molecule has 0 bridgehead atoms. The molecule has 0 unspecified atom stereocenters. The van der Waals surface area contributed by atoms with Crippen molar-refractivity contribution in [3.05, 3.63) is 29.7 Å². The summed E-state index contributed by atoms with van der Waals surface area (Å²) >= 11 is 0. The van der Waals surface area contributed by atoms with E-state index in [1.54, 1.807) is 6.26 Å². The van der Waals surface area contributed by atoms with Crippen molar-refractivity contribution in [3.8, 4) is 0 Å². The number of aromatic nitrogens is 1. The predicted octanol–water partition coefficient (Wildman–Crippen LogP) is 4.50. The first-order valence-electron chi connectivity index (χ1n) is 5.59. The summed E-state index contributed by atoms with van der Waals surface area (Å²) in [6.45, 7) is 12.0. The van der Waals surface area contributed by atoms with E-state index in [0.717, 1.165) is 22.4 Å². The van der Waals surface area contributed by atoms with Crippen molar-refractivity contribution >= 4 is 11.1 Å².